The van der Waals surface area contributed by atoms with Gasteiger partial charge in [-0.1, -0.05) is 47.7 Å². The molecule has 0 aliphatic carbocycles. The van der Waals surface area contributed by atoms with E-state index >= 15 is 0 Å². The van der Waals surface area contributed by atoms with Gasteiger partial charge in [0.1, 0.15) is 10.7 Å². The van der Waals surface area contributed by atoms with E-state index < -0.39 is 0 Å². The van der Waals surface area contributed by atoms with Crippen LogP contribution in [0, 0.1) is 6.92 Å². The summed E-state index contributed by atoms with van der Waals surface area (Å²) in [6.45, 7) is 2.03. The number of anilines is 1. The monoisotopic (exact) mass is 478 g/mol. The lowest BCUT2D eigenvalue weighted by molar-refractivity contribution is -0.113. The molecule has 1 amide bonds. The van der Waals surface area contributed by atoms with E-state index in [-0.39, 0.29) is 17.2 Å². The van der Waals surface area contributed by atoms with Crippen LogP contribution in [0.1, 0.15) is 11.4 Å². The summed E-state index contributed by atoms with van der Waals surface area (Å²) in [4.78, 5) is 37.7. The second-order valence-corrected chi connectivity index (χ2v) is 10.1. The van der Waals surface area contributed by atoms with Gasteiger partial charge in [0, 0.05) is 10.9 Å². The van der Waals surface area contributed by atoms with Gasteiger partial charge in [-0.05, 0) is 30.2 Å². The molecule has 5 rings (SSSR count). The molecule has 9 heteroatoms. The Balaban J connectivity index is 1.24. The molecule has 6 nitrogen and oxygen atoms in total. The number of H-pyrrole nitrogens is 1. The molecule has 0 radical (unpaired) electrons. The Morgan fingerprint density at radius 2 is 2.00 bits per heavy atom. The lowest BCUT2D eigenvalue weighted by Crippen LogP contribution is -2.15. The molecule has 2 aromatic carbocycles. The van der Waals surface area contributed by atoms with Crippen molar-refractivity contribution in [1.82, 2.24) is 15.0 Å². The first-order valence-electron chi connectivity index (χ1n) is 9.87. The number of thiophene rings is 1. The Labute approximate surface area is 195 Å². The van der Waals surface area contributed by atoms with E-state index in [2.05, 4.69) is 26.3 Å². The van der Waals surface area contributed by atoms with Crippen LogP contribution < -0.4 is 10.9 Å². The molecule has 0 aliphatic rings. The van der Waals surface area contributed by atoms with Crippen LogP contribution in [-0.4, -0.2) is 26.6 Å². The molecule has 0 unspecified atom stereocenters. The highest BCUT2D eigenvalue weighted by molar-refractivity contribution is 7.99. The molecule has 5 aromatic rings. The molecule has 2 N–H and O–H groups in total. The van der Waals surface area contributed by atoms with Crippen molar-refractivity contribution in [3.63, 3.8) is 0 Å². The van der Waals surface area contributed by atoms with Crippen LogP contribution in [-0.2, 0) is 10.5 Å². The average molecular weight is 479 g/mol. The van der Waals surface area contributed by atoms with Crippen LogP contribution in [0.15, 0.2) is 58.7 Å². The van der Waals surface area contributed by atoms with Gasteiger partial charge in [-0.25, -0.2) is 9.97 Å². The van der Waals surface area contributed by atoms with Gasteiger partial charge in [0.15, 0.2) is 5.13 Å². The molecule has 3 aromatic heterocycles. The summed E-state index contributed by atoms with van der Waals surface area (Å²) >= 11 is 4.32. The van der Waals surface area contributed by atoms with E-state index in [1.807, 2.05) is 54.8 Å². The molecule has 3 heterocycles. The van der Waals surface area contributed by atoms with E-state index in [1.54, 1.807) is 0 Å². The number of rotatable bonds is 6. The van der Waals surface area contributed by atoms with E-state index in [9.17, 15) is 9.59 Å². The number of fused-ring (bicyclic) bond motifs is 2. The number of carbonyl (C=O) groups is 1. The molecule has 0 aliphatic heterocycles. The van der Waals surface area contributed by atoms with E-state index in [4.69, 9.17) is 0 Å². The van der Waals surface area contributed by atoms with E-state index in [1.165, 1.54) is 34.4 Å². The van der Waals surface area contributed by atoms with Crippen LogP contribution in [0.4, 0.5) is 5.13 Å². The van der Waals surface area contributed by atoms with Crippen molar-refractivity contribution in [3.8, 4) is 11.1 Å². The normalized spacial score (nSPS) is 11.3. The number of aryl methyl sites for hydroxylation is 1. The molecule has 32 heavy (non-hydrogen) atoms. The van der Waals surface area contributed by atoms with Gasteiger partial charge in [-0.15, -0.1) is 23.1 Å². The molecule has 0 saturated heterocycles. The number of thioether (sulfide) groups is 1. The number of thiazole rings is 1. The van der Waals surface area contributed by atoms with Gasteiger partial charge < -0.3 is 10.3 Å². The van der Waals surface area contributed by atoms with Gasteiger partial charge in [0.05, 0.1) is 27.1 Å². The summed E-state index contributed by atoms with van der Waals surface area (Å²) in [5, 5.41) is 6.02. The van der Waals surface area contributed by atoms with Crippen molar-refractivity contribution in [2.24, 2.45) is 0 Å². The summed E-state index contributed by atoms with van der Waals surface area (Å²) in [6, 6.07) is 15.8. The predicted octanol–water partition coefficient (Wildman–Crippen LogP) is 5.44. The Morgan fingerprint density at radius 1 is 1.16 bits per heavy atom. The predicted molar refractivity (Wildman–Crippen MR) is 135 cm³/mol. The van der Waals surface area contributed by atoms with Crippen molar-refractivity contribution in [3.05, 3.63) is 75.7 Å². The largest absolute Gasteiger partial charge is 0.309 e. The number of nitrogens with one attached hydrogen (secondary N) is 2. The highest BCUT2D eigenvalue weighted by Gasteiger charge is 2.13. The fourth-order valence-electron chi connectivity index (χ4n) is 3.37. The van der Waals surface area contributed by atoms with Crippen molar-refractivity contribution in [2.75, 3.05) is 11.1 Å². The SMILES string of the molecule is Cc1ccc2nc(NC(=O)CSCc3nc4scc(-c5ccccc5)c4c(=O)[nH]3)sc2c1. The first-order chi connectivity index (χ1) is 15.6. The Morgan fingerprint density at radius 3 is 2.84 bits per heavy atom. The summed E-state index contributed by atoms with van der Waals surface area (Å²) in [7, 11) is 0. The summed E-state index contributed by atoms with van der Waals surface area (Å²) in [5.41, 5.74) is 3.78. The molecule has 0 bridgehead atoms. The Hall–Kier alpha value is -3.01. The van der Waals surface area contributed by atoms with E-state index in [0.29, 0.717) is 26.9 Å². The van der Waals surface area contributed by atoms with Gasteiger partial charge in [-0.3, -0.25) is 9.59 Å². The van der Waals surface area contributed by atoms with Crippen LogP contribution >= 0.6 is 34.4 Å². The van der Waals surface area contributed by atoms with Crippen molar-refractivity contribution in [1.29, 1.82) is 0 Å². The van der Waals surface area contributed by atoms with Crippen molar-refractivity contribution < 1.29 is 4.79 Å². The number of aromatic nitrogens is 3. The molecule has 0 spiro atoms. The summed E-state index contributed by atoms with van der Waals surface area (Å²) in [5.74, 6) is 1.13. The maximum atomic E-state index is 12.7. The number of carbonyl (C=O) groups excluding carboxylic acids is 1. The highest BCUT2D eigenvalue weighted by atomic mass is 32.2. The van der Waals surface area contributed by atoms with Gasteiger partial charge >= 0.3 is 0 Å². The lowest BCUT2D eigenvalue weighted by atomic mass is 10.1. The maximum Gasteiger partial charge on any atom is 0.260 e. The van der Waals surface area contributed by atoms with Gasteiger partial charge in [-0.2, -0.15) is 0 Å². The minimum Gasteiger partial charge on any atom is -0.309 e. The second-order valence-electron chi connectivity index (χ2n) is 7.24. The van der Waals surface area contributed by atoms with Crippen LogP contribution in [0.5, 0.6) is 0 Å². The summed E-state index contributed by atoms with van der Waals surface area (Å²) in [6.07, 6.45) is 0. The smallest absolute Gasteiger partial charge is 0.260 e. The third-order valence-corrected chi connectivity index (χ3v) is 7.59. The quantitative estimate of drug-likeness (QED) is 0.339. The molecule has 160 valence electrons. The molecule has 0 saturated carbocycles. The van der Waals surface area contributed by atoms with Gasteiger partial charge in [0.2, 0.25) is 5.91 Å². The topological polar surface area (TPSA) is 87.7 Å². The first-order valence-corrected chi connectivity index (χ1v) is 12.7. The minimum atomic E-state index is -0.153. The van der Waals surface area contributed by atoms with Gasteiger partial charge in [0.25, 0.3) is 5.56 Å². The number of nitrogens with zero attached hydrogens (tertiary/aromatic N) is 2. The van der Waals surface area contributed by atoms with Crippen molar-refractivity contribution in [2.45, 2.75) is 12.7 Å². The zero-order valence-corrected chi connectivity index (χ0v) is 19.5. The summed E-state index contributed by atoms with van der Waals surface area (Å²) < 4.78 is 1.05. The number of hydrogen-bond acceptors (Lipinski definition) is 7. The molecule has 0 fully saturated rings. The molecule has 0 atom stereocenters. The lowest BCUT2D eigenvalue weighted by Gasteiger charge is -2.03. The number of hydrogen-bond donors (Lipinski definition) is 2. The zero-order chi connectivity index (χ0) is 22.1. The van der Waals surface area contributed by atoms with Crippen LogP contribution in [0.3, 0.4) is 0 Å². The maximum absolute atomic E-state index is 12.7. The fraction of sp³-hybridized carbons (Fsp3) is 0.130. The Bertz CT molecular complexity index is 1490. The fourth-order valence-corrected chi connectivity index (χ4v) is 6.01. The first kappa shape index (κ1) is 20.9. The molecular weight excluding hydrogens is 460 g/mol. The second kappa shape index (κ2) is 8.85. The number of aromatic amines is 1. The minimum absolute atomic E-state index is 0.128. The van der Waals surface area contributed by atoms with Crippen LogP contribution in [0.25, 0.3) is 31.6 Å². The average Bonchev–Trinajstić information content (AvgIpc) is 3.38. The van der Waals surface area contributed by atoms with Crippen molar-refractivity contribution >= 4 is 65.9 Å². The number of amides is 1. The van der Waals surface area contributed by atoms with E-state index in [0.717, 1.165) is 26.9 Å². The number of benzene rings is 2. The third-order valence-electron chi connectivity index (χ3n) is 4.84. The molecular formula is C23H18N4O2S3. The Kier molecular flexibility index (Phi) is 5.77. The highest BCUT2D eigenvalue weighted by Crippen LogP contribution is 2.31. The third kappa shape index (κ3) is 4.32. The zero-order valence-electron chi connectivity index (χ0n) is 17.0. The standard InChI is InChI=1S/C23H18N4O2S3/c1-13-7-8-16-17(9-13)32-23(24-16)27-19(28)12-30-11-18-25-21(29)20-15(10-31-22(20)26-18)14-5-3-2-4-6-14/h2-10H,11-12H2,1H3,(H,24,27,28)(H,25,26,29). The van der Waals surface area contributed by atoms with Crippen LogP contribution in [0.2, 0.25) is 0 Å².